The summed E-state index contributed by atoms with van der Waals surface area (Å²) in [6.45, 7) is 10.00. The lowest BCUT2D eigenvalue weighted by Gasteiger charge is -2.60. The van der Waals surface area contributed by atoms with E-state index in [1.807, 2.05) is 20.8 Å². The number of allylic oxidation sites excluding steroid dienone is 3. The van der Waals surface area contributed by atoms with Gasteiger partial charge in [-0.15, -0.1) is 0 Å². The van der Waals surface area contributed by atoms with E-state index in [0.717, 1.165) is 12.8 Å². The minimum Gasteiger partial charge on any atom is -0.505 e. The second-order valence-electron chi connectivity index (χ2n) is 9.55. The molecule has 0 radical (unpaired) electrons. The summed E-state index contributed by atoms with van der Waals surface area (Å²) in [7, 11) is 0. The van der Waals surface area contributed by atoms with E-state index in [-0.39, 0.29) is 40.7 Å². The molecule has 0 saturated heterocycles. The van der Waals surface area contributed by atoms with Crippen molar-refractivity contribution in [1.29, 1.82) is 0 Å². The Morgan fingerprint density at radius 3 is 2.50 bits per heavy atom. The number of aliphatic hydroxyl groups is 1. The summed E-state index contributed by atoms with van der Waals surface area (Å²) < 4.78 is 12.1. The lowest BCUT2D eigenvalue weighted by molar-refractivity contribution is -0.203. The molecule has 4 aliphatic rings. The van der Waals surface area contributed by atoms with Gasteiger partial charge >= 0.3 is 0 Å². The number of ketones is 2. The molecule has 5 unspecified atom stereocenters. The van der Waals surface area contributed by atoms with Gasteiger partial charge in [-0.1, -0.05) is 20.8 Å². The maximum absolute atomic E-state index is 13.2. The predicted octanol–water partition coefficient (Wildman–Crippen LogP) is 3.84. The van der Waals surface area contributed by atoms with Crippen LogP contribution in [0, 0.1) is 22.7 Å². The van der Waals surface area contributed by atoms with Crippen molar-refractivity contribution in [3.63, 3.8) is 0 Å². The summed E-state index contributed by atoms with van der Waals surface area (Å²) in [5.74, 6) is -0.0388. The standard InChI is InChI=1S/C21H28O5/c1-11-8-13(22)12-9-16-20(4,26-18(12)25-11)7-6-15-19(2,3)10-14(23)17(24)21(15,16)5/h10-11,15-16,23H,6-9H2,1-5H3. The van der Waals surface area contributed by atoms with Crippen LogP contribution in [0.3, 0.4) is 0 Å². The van der Waals surface area contributed by atoms with Crippen molar-refractivity contribution in [2.75, 3.05) is 0 Å². The molecule has 0 bridgehead atoms. The van der Waals surface area contributed by atoms with Crippen LogP contribution in [0.4, 0.5) is 0 Å². The quantitative estimate of drug-likeness (QED) is 0.710. The molecule has 0 amide bonds. The number of carbonyl (C=O) groups excluding carboxylic acids is 2. The number of carbonyl (C=O) groups is 2. The van der Waals surface area contributed by atoms with Crippen molar-refractivity contribution in [2.45, 2.75) is 72.0 Å². The SMILES string of the molecule is CC1CC(=O)C2=C(O1)OC1(C)CCC3C(C)(C)C=C(O)C(=O)C3(C)C1C2. The number of fused-ring (bicyclic) bond motifs is 3. The van der Waals surface area contributed by atoms with E-state index in [1.54, 1.807) is 6.08 Å². The fourth-order valence-corrected chi connectivity index (χ4v) is 6.08. The van der Waals surface area contributed by atoms with Crippen LogP contribution in [0.25, 0.3) is 0 Å². The number of hydrogen-bond donors (Lipinski definition) is 1. The Morgan fingerprint density at radius 2 is 1.81 bits per heavy atom. The highest BCUT2D eigenvalue weighted by molar-refractivity contribution is 6.00. The van der Waals surface area contributed by atoms with Gasteiger partial charge in [0.2, 0.25) is 5.78 Å². The average molecular weight is 360 g/mol. The molecular formula is C21H28O5. The molecule has 2 aliphatic heterocycles. The van der Waals surface area contributed by atoms with Crippen LogP contribution >= 0.6 is 0 Å². The number of aliphatic hydroxyl groups excluding tert-OH is 1. The van der Waals surface area contributed by atoms with Crippen LogP contribution in [-0.2, 0) is 19.1 Å². The summed E-state index contributed by atoms with van der Waals surface area (Å²) in [4.78, 5) is 25.7. The Balaban J connectivity index is 1.83. The Bertz CT molecular complexity index is 760. The van der Waals surface area contributed by atoms with Gasteiger partial charge in [-0.3, -0.25) is 9.59 Å². The smallest absolute Gasteiger partial charge is 0.286 e. The van der Waals surface area contributed by atoms with E-state index >= 15 is 0 Å². The highest BCUT2D eigenvalue weighted by atomic mass is 16.7. The predicted molar refractivity (Wildman–Crippen MR) is 95.1 cm³/mol. The number of ether oxygens (including phenoxy) is 2. The summed E-state index contributed by atoms with van der Waals surface area (Å²) in [5, 5.41) is 10.4. The molecule has 5 heteroatoms. The fraction of sp³-hybridized carbons (Fsp3) is 0.714. The van der Waals surface area contributed by atoms with Crippen molar-refractivity contribution in [3.8, 4) is 0 Å². The molecule has 1 fully saturated rings. The monoisotopic (exact) mass is 360 g/mol. The summed E-state index contributed by atoms with van der Waals surface area (Å²) in [5.41, 5.74) is -1.06. The van der Waals surface area contributed by atoms with Crippen LogP contribution in [0.15, 0.2) is 23.4 Å². The van der Waals surface area contributed by atoms with Gasteiger partial charge in [-0.05, 0) is 50.5 Å². The zero-order valence-electron chi connectivity index (χ0n) is 16.2. The molecule has 5 atom stereocenters. The Morgan fingerprint density at radius 1 is 1.12 bits per heavy atom. The van der Waals surface area contributed by atoms with Crippen molar-refractivity contribution in [3.05, 3.63) is 23.4 Å². The second-order valence-corrected chi connectivity index (χ2v) is 9.55. The van der Waals surface area contributed by atoms with Gasteiger partial charge in [0.05, 0.1) is 5.57 Å². The number of Topliss-reactive ketones (excluding diaryl/α,β-unsaturated/α-hetero) is 2. The van der Waals surface area contributed by atoms with Gasteiger partial charge in [0, 0.05) is 17.8 Å². The zero-order chi connectivity index (χ0) is 19.1. The Kier molecular flexibility index (Phi) is 3.49. The lowest BCUT2D eigenvalue weighted by atomic mass is 9.45. The van der Waals surface area contributed by atoms with Gasteiger partial charge in [-0.25, -0.2) is 0 Å². The zero-order valence-corrected chi connectivity index (χ0v) is 16.2. The van der Waals surface area contributed by atoms with Crippen molar-refractivity contribution >= 4 is 11.6 Å². The first-order chi connectivity index (χ1) is 12.0. The van der Waals surface area contributed by atoms with E-state index in [9.17, 15) is 14.7 Å². The highest BCUT2D eigenvalue weighted by Gasteiger charge is 2.65. The molecule has 1 N–H and O–H groups in total. The van der Waals surface area contributed by atoms with Gasteiger partial charge in [0.15, 0.2) is 11.5 Å². The maximum Gasteiger partial charge on any atom is 0.286 e. The third-order valence-corrected chi connectivity index (χ3v) is 7.34. The van der Waals surface area contributed by atoms with Crippen LogP contribution in [0.2, 0.25) is 0 Å². The van der Waals surface area contributed by atoms with Crippen molar-refractivity contribution in [1.82, 2.24) is 0 Å². The summed E-state index contributed by atoms with van der Waals surface area (Å²) in [6, 6.07) is 0. The van der Waals surface area contributed by atoms with Gasteiger partial charge in [0.1, 0.15) is 11.7 Å². The van der Waals surface area contributed by atoms with Crippen LogP contribution in [-0.4, -0.2) is 28.4 Å². The maximum atomic E-state index is 13.2. The molecule has 1 saturated carbocycles. The molecule has 26 heavy (non-hydrogen) atoms. The van der Waals surface area contributed by atoms with Gasteiger partial charge < -0.3 is 14.6 Å². The first kappa shape index (κ1) is 17.6. The van der Waals surface area contributed by atoms with Gasteiger partial charge in [-0.2, -0.15) is 0 Å². The molecule has 2 heterocycles. The number of hydrogen-bond acceptors (Lipinski definition) is 5. The molecule has 0 spiro atoms. The topological polar surface area (TPSA) is 72.8 Å². The molecule has 5 nitrogen and oxygen atoms in total. The summed E-state index contributed by atoms with van der Waals surface area (Å²) >= 11 is 0. The van der Waals surface area contributed by atoms with E-state index in [2.05, 4.69) is 13.8 Å². The third kappa shape index (κ3) is 2.15. The van der Waals surface area contributed by atoms with Gasteiger partial charge in [0.25, 0.3) is 5.95 Å². The Hall–Kier alpha value is -1.78. The molecule has 142 valence electrons. The normalized spacial score (nSPS) is 44.2. The molecular weight excluding hydrogens is 332 g/mol. The van der Waals surface area contributed by atoms with Crippen LogP contribution in [0.1, 0.15) is 60.3 Å². The number of rotatable bonds is 0. The minimum absolute atomic E-state index is 0.0498. The molecule has 4 rings (SSSR count). The molecule has 0 aromatic rings. The molecule has 2 aliphatic carbocycles. The third-order valence-electron chi connectivity index (χ3n) is 7.34. The highest BCUT2D eigenvalue weighted by Crippen LogP contribution is 2.63. The van der Waals surface area contributed by atoms with E-state index < -0.39 is 11.0 Å². The van der Waals surface area contributed by atoms with Crippen molar-refractivity contribution < 1.29 is 24.2 Å². The van der Waals surface area contributed by atoms with E-state index in [0.29, 0.717) is 24.4 Å². The van der Waals surface area contributed by atoms with Crippen LogP contribution in [0.5, 0.6) is 0 Å². The first-order valence-corrected chi connectivity index (χ1v) is 9.57. The Labute approximate surface area is 154 Å². The van der Waals surface area contributed by atoms with E-state index in [1.165, 1.54) is 0 Å². The van der Waals surface area contributed by atoms with E-state index in [4.69, 9.17) is 9.47 Å². The minimum atomic E-state index is -0.767. The lowest BCUT2D eigenvalue weighted by Crippen LogP contribution is -2.63. The molecule has 0 aromatic heterocycles. The largest absolute Gasteiger partial charge is 0.505 e. The second kappa shape index (κ2) is 5.14. The molecule has 0 aromatic carbocycles. The fourth-order valence-electron chi connectivity index (χ4n) is 6.08. The average Bonchev–Trinajstić information content (AvgIpc) is 2.50. The summed E-state index contributed by atoms with van der Waals surface area (Å²) in [6.07, 6.45) is 3.96. The first-order valence-electron chi connectivity index (χ1n) is 9.57. The van der Waals surface area contributed by atoms with Crippen LogP contribution < -0.4 is 0 Å². The van der Waals surface area contributed by atoms with Crippen molar-refractivity contribution in [2.24, 2.45) is 22.7 Å².